The van der Waals surface area contributed by atoms with E-state index in [1.807, 2.05) is 31.2 Å². The molecule has 106 valence electrons. The third-order valence-corrected chi connectivity index (χ3v) is 4.02. The first-order chi connectivity index (χ1) is 9.49. The maximum atomic E-state index is 14.0. The molecule has 0 aliphatic carbocycles. The van der Waals surface area contributed by atoms with E-state index in [9.17, 15) is 14.0 Å². The van der Waals surface area contributed by atoms with Crippen LogP contribution in [-0.4, -0.2) is 34.5 Å². The second-order valence-electron chi connectivity index (χ2n) is 4.72. The molecule has 0 bridgehead atoms. The van der Waals surface area contributed by atoms with E-state index in [1.54, 1.807) is 6.92 Å². The molecule has 3 nitrogen and oxygen atoms in total. The molecule has 1 heterocycles. The van der Waals surface area contributed by atoms with Gasteiger partial charge in [0.25, 0.3) is 11.1 Å². The summed E-state index contributed by atoms with van der Waals surface area (Å²) < 4.78 is 14.0. The van der Waals surface area contributed by atoms with E-state index < -0.39 is 12.1 Å². The molecule has 20 heavy (non-hydrogen) atoms. The van der Waals surface area contributed by atoms with E-state index in [2.05, 4.69) is 0 Å². The highest BCUT2D eigenvalue weighted by atomic mass is 32.2. The molecule has 0 N–H and O–H groups in total. The standard InChI is InChI=1S/C15H16FNO2S/c1-10-3-5-12(6-4-10)11(2)9-13(16)14(18)17-7-8-20-15(17)19/h3-6,9,13H,7-8H2,1-2H3/b11-9+/t13-/m1/s1. The van der Waals surface area contributed by atoms with Crippen LogP contribution in [0, 0.1) is 6.92 Å². The number of hydrogen-bond donors (Lipinski definition) is 0. The Bertz CT molecular complexity index is 553. The summed E-state index contributed by atoms with van der Waals surface area (Å²) in [6, 6.07) is 7.63. The van der Waals surface area contributed by atoms with Crippen LogP contribution in [-0.2, 0) is 4.79 Å². The Labute approximate surface area is 121 Å². The lowest BCUT2D eigenvalue weighted by Crippen LogP contribution is -2.36. The average Bonchev–Trinajstić information content (AvgIpc) is 2.84. The minimum absolute atomic E-state index is 0.292. The van der Waals surface area contributed by atoms with Gasteiger partial charge in [-0.1, -0.05) is 41.6 Å². The number of carbonyl (C=O) groups is 2. The number of benzene rings is 1. The maximum absolute atomic E-state index is 14.0. The van der Waals surface area contributed by atoms with Crippen LogP contribution in [0.3, 0.4) is 0 Å². The van der Waals surface area contributed by atoms with E-state index in [0.717, 1.165) is 27.8 Å². The van der Waals surface area contributed by atoms with Crippen molar-refractivity contribution in [2.75, 3.05) is 12.3 Å². The second kappa shape index (κ2) is 6.22. The summed E-state index contributed by atoms with van der Waals surface area (Å²) in [4.78, 5) is 24.2. The predicted octanol–water partition coefficient (Wildman–Crippen LogP) is 3.43. The van der Waals surface area contributed by atoms with Crippen LogP contribution in [0.5, 0.6) is 0 Å². The number of thioether (sulfide) groups is 1. The van der Waals surface area contributed by atoms with Crippen molar-refractivity contribution in [2.24, 2.45) is 0 Å². The SMILES string of the molecule is C/C(=C\[C@@H](F)C(=O)N1CCSC1=O)c1ccc(C)cc1. The number of imide groups is 1. The molecular weight excluding hydrogens is 277 g/mol. The Hall–Kier alpha value is -1.62. The van der Waals surface area contributed by atoms with Crippen LogP contribution >= 0.6 is 11.8 Å². The summed E-state index contributed by atoms with van der Waals surface area (Å²) in [5.74, 6) is -0.232. The lowest BCUT2D eigenvalue weighted by Gasteiger charge is -2.14. The molecule has 0 spiro atoms. The zero-order chi connectivity index (χ0) is 14.7. The van der Waals surface area contributed by atoms with Crippen molar-refractivity contribution in [1.29, 1.82) is 0 Å². The van der Waals surface area contributed by atoms with Crippen molar-refractivity contribution in [1.82, 2.24) is 4.90 Å². The van der Waals surface area contributed by atoms with Crippen LogP contribution in [0.4, 0.5) is 9.18 Å². The van der Waals surface area contributed by atoms with Gasteiger partial charge in [-0.25, -0.2) is 4.39 Å². The third kappa shape index (κ3) is 3.28. The normalized spacial score (nSPS) is 17.4. The highest BCUT2D eigenvalue weighted by Crippen LogP contribution is 2.21. The molecule has 1 aliphatic rings. The number of amides is 2. The van der Waals surface area contributed by atoms with Gasteiger partial charge < -0.3 is 0 Å². The number of allylic oxidation sites excluding steroid dienone is 1. The molecule has 2 rings (SSSR count). The van der Waals surface area contributed by atoms with Gasteiger partial charge >= 0.3 is 0 Å². The predicted molar refractivity (Wildman–Crippen MR) is 79.3 cm³/mol. The fourth-order valence-electron chi connectivity index (χ4n) is 1.95. The molecule has 0 saturated carbocycles. The number of halogens is 1. The topological polar surface area (TPSA) is 37.4 Å². The van der Waals surface area contributed by atoms with E-state index in [-0.39, 0.29) is 5.24 Å². The maximum Gasteiger partial charge on any atom is 0.288 e. The highest BCUT2D eigenvalue weighted by molar-refractivity contribution is 8.13. The summed E-state index contributed by atoms with van der Waals surface area (Å²) in [6.45, 7) is 4.02. The Balaban J connectivity index is 2.10. The average molecular weight is 293 g/mol. The van der Waals surface area contributed by atoms with Gasteiger partial charge in [0.2, 0.25) is 0 Å². The van der Waals surface area contributed by atoms with Gasteiger partial charge in [-0.15, -0.1) is 0 Å². The van der Waals surface area contributed by atoms with Crippen LogP contribution < -0.4 is 0 Å². The number of rotatable bonds is 3. The zero-order valence-electron chi connectivity index (χ0n) is 11.4. The lowest BCUT2D eigenvalue weighted by atomic mass is 10.0. The van der Waals surface area contributed by atoms with Crippen LogP contribution in [0.15, 0.2) is 30.3 Å². The Morgan fingerprint density at radius 3 is 2.60 bits per heavy atom. The smallest absolute Gasteiger partial charge is 0.271 e. The monoisotopic (exact) mass is 293 g/mol. The van der Waals surface area contributed by atoms with Gasteiger partial charge in [-0.3, -0.25) is 14.5 Å². The van der Waals surface area contributed by atoms with Crippen molar-refractivity contribution in [3.05, 3.63) is 41.5 Å². The first-order valence-corrected chi connectivity index (χ1v) is 7.35. The molecular formula is C15H16FNO2S. The van der Waals surface area contributed by atoms with E-state index >= 15 is 0 Å². The van der Waals surface area contributed by atoms with Gasteiger partial charge in [0.15, 0.2) is 6.17 Å². The van der Waals surface area contributed by atoms with Gasteiger partial charge in [0.05, 0.1) is 0 Å². The van der Waals surface area contributed by atoms with Crippen LogP contribution in [0.2, 0.25) is 0 Å². The quantitative estimate of drug-likeness (QED) is 0.857. The number of carbonyl (C=O) groups excluding carboxylic acids is 2. The molecule has 1 aromatic rings. The Morgan fingerprint density at radius 1 is 1.40 bits per heavy atom. The van der Waals surface area contributed by atoms with Gasteiger partial charge in [-0.2, -0.15) is 0 Å². The molecule has 0 unspecified atom stereocenters. The Kier molecular flexibility index (Phi) is 4.60. The van der Waals surface area contributed by atoms with Crippen LogP contribution in [0.25, 0.3) is 5.57 Å². The first kappa shape index (κ1) is 14.8. The first-order valence-electron chi connectivity index (χ1n) is 6.36. The summed E-state index contributed by atoms with van der Waals surface area (Å²) in [5.41, 5.74) is 2.67. The molecule has 2 amide bonds. The number of nitrogens with zero attached hydrogens (tertiary/aromatic N) is 1. The minimum atomic E-state index is -1.78. The summed E-state index contributed by atoms with van der Waals surface area (Å²) in [6.07, 6.45) is -0.512. The highest BCUT2D eigenvalue weighted by Gasteiger charge is 2.31. The molecule has 1 fully saturated rings. The van der Waals surface area contributed by atoms with Crippen molar-refractivity contribution in [2.45, 2.75) is 20.0 Å². The van der Waals surface area contributed by atoms with Crippen LogP contribution in [0.1, 0.15) is 18.1 Å². The molecule has 1 aromatic carbocycles. The van der Waals surface area contributed by atoms with Gasteiger partial charge in [0, 0.05) is 12.3 Å². The fraction of sp³-hybridized carbons (Fsp3) is 0.333. The van der Waals surface area contributed by atoms with Gasteiger partial charge in [0.1, 0.15) is 0 Å². The zero-order valence-corrected chi connectivity index (χ0v) is 12.2. The number of hydrogen-bond acceptors (Lipinski definition) is 3. The van der Waals surface area contributed by atoms with E-state index in [1.165, 1.54) is 6.08 Å². The van der Waals surface area contributed by atoms with E-state index in [4.69, 9.17) is 0 Å². The van der Waals surface area contributed by atoms with Crippen molar-refractivity contribution in [3.8, 4) is 0 Å². The summed E-state index contributed by atoms with van der Waals surface area (Å²) in [7, 11) is 0. The molecule has 1 atom stereocenters. The molecule has 1 aliphatic heterocycles. The van der Waals surface area contributed by atoms with E-state index in [0.29, 0.717) is 17.9 Å². The third-order valence-electron chi connectivity index (χ3n) is 3.17. The fourth-order valence-corrected chi connectivity index (χ4v) is 2.73. The minimum Gasteiger partial charge on any atom is -0.271 e. The molecule has 0 aromatic heterocycles. The number of alkyl halides is 1. The summed E-state index contributed by atoms with van der Waals surface area (Å²) in [5, 5.41) is -0.362. The second-order valence-corrected chi connectivity index (χ2v) is 5.77. The summed E-state index contributed by atoms with van der Waals surface area (Å²) >= 11 is 1.05. The van der Waals surface area contributed by atoms with Crippen molar-refractivity contribution >= 4 is 28.5 Å². The Morgan fingerprint density at radius 2 is 2.05 bits per heavy atom. The number of aryl methyl sites for hydroxylation is 1. The van der Waals surface area contributed by atoms with Crippen molar-refractivity contribution < 1.29 is 14.0 Å². The largest absolute Gasteiger partial charge is 0.288 e. The molecule has 0 radical (unpaired) electrons. The van der Waals surface area contributed by atoms with Crippen molar-refractivity contribution in [3.63, 3.8) is 0 Å². The lowest BCUT2D eigenvalue weighted by molar-refractivity contribution is -0.131. The molecule has 1 saturated heterocycles. The van der Waals surface area contributed by atoms with Gasteiger partial charge in [-0.05, 0) is 31.1 Å². The molecule has 5 heteroatoms.